The van der Waals surface area contributed by atoms with Gasteiger partial charge in [0, 0.05) is 26.2 Å². The minimum absolute atomic E-state index is 0.0170. The first-order valence-corrected chi connectivity index (χ1v) is 19.4. The highest BCUT2D eigenvalue weighted by Gasteiger charge is 2.23. The van der Waals surface area contributed by atoms with Crippen LogP contribution in [0.25, 0.3) is 0 Å². The molecule has 0 bridgehead atoms. The highest BCUT2D eigenvalue weighted by atomic mass is 16.7. The summed E-state index contributed by atoms with van der Waals surface area (Å²) >= 11 is 0. The van der Waals surface area contributed by atoms with Crippen LogP contribution < -0.4 is 0 Å². The number of ether oxygens (including phenoxy) is 3. The van der Waals surface area contributed by atoms with Gasteiger partial charge >= 0.3 is 5.97 Å². The van der Waals surface area contributed by atoms with E-state index in [4.69, 9.17) is 14.2 Å². The zero-order chi connectivity index (χ0) is 31.8. The van der Waals surface area contributed by atoms with Gasteiger partial charge < -0.3 is 24.2 Å². The maximum absolute atomic E-state index is 12.3. The lowest BCUT2D eigenvalue weighted by atomic mass is 9.84. The smallest absolute Gasteiger partial charge is 0.306 e. The van der Waals surface area contributed by atoms with Gasteiger partial charge in [-0.2, -0.15) is 0 Å². The minimum Gasteiger partial charge on any atom is -0.462 e. The molecule has 0 atom stereocenters. The number of unbranched alkanes of at least 4 members (excludes halogenated alkanes) is 16. The fourth-order valence-corrected chi connectivity index (χ4v) is 6.47. The van der Waals surface area contributed by atoms with Crippen LogP contribution >= 0.6 is 0 Å². The van der Waals surface area contributed by atoms with Gasteiger partial charge in [0.2, 0.25) is 0 Å². The molecule has 1 fully saturated rings. The summed E-state index contributed by atoms with van der Waals surface area (Å²) < 4.78 is 17.0. The number of nitrogens with zero attached hydrogens (tertiary/aromatic N) is 1. The lowest BCUT2D eigenvalue weighted by Gasteiger charge is -2.28. The zero-order valence-corrected chi connectivity index (χ0v) is 29.5. The molecule has 6 heteroatoms. The molecule has 1 saturated carbocycles. The van der Waals surface area contributed by atoms with Crippen LogP contribution in [0.1, 0.15) is 181 Å². The van der Waals surface area contributed by atoms with Crippen molar-refractivity contribution in [3.63, 3.8) is 0 Å². The molecule has 1 aliphatic carbocycles. The van der Waals surface area contributed by atoms with Crippen molar-refractivity contribution in [1.82, 2.24) is 4.90 Å². The third-order valence-corrected chi connectivity index (χ3v) is 9.40. The number of carbonyl (C=O) groups is 1. The highest BCUT2D eigenvalue weighted by Crippen LogP contribution is 2.30. The number of rotatable bonds is 33. The van der Waals surface area contributed by atoms with Crippen LogP contribution in [0.5, 0.6) is 0 Å². The average Bonchev–Trinajstić information content (AvgIpc) is 3.03. The molecule has 44 heavy (non-hydrogen) atoms. The van der Waals surface area contributed by atoms with Gasteiger partial charge in [-0.25, -0.2) is 0 Å². The lowest BCUT2D eigenvalue weighted by molar-refractivity contribution is -0.151. The summed E-state index contributed by atoms with van der Waals surface area (Å²) in [5.41, 5.74) is 0. The molecular formula is C38H75NO5. The molecule has 1 rings (SSSR count). The Bertz CT molecular complexity index is 596. The molecule has 6 nitrogen and oxygen atoms in total. The van der Waals surface area contributed by atoms with Crippen molar-refractivity contribution in [3.8, 4) is 0 Å². The van der Waals surface area contributed by atoms with Gasteiger partial charge in [-0.3, -0.25) is 4.79 Å². The van der Waals surface area contributed by atoms with E-state index in [1.807, 2.05) is 0 Å². The number of hydrogen-bond acceptors (Lipinski definition) is 6. The Labute approximate surface area is 273 Å². The van der Waals surface area contributed by atoms with Crippen LogP contribution in [-0.2, 0) is 19.0 Å². The van der Waals surface area contributed by atoms with Crippen LogP contribution in [0.3, 0.4) is 0 Å². The third kappa shape index (κ3) is 26.5. The quantitative estimate of drug-likeness (QED) is 0.0445. The Morgan fingerprint density at radius 2 is 1.11 bits per heavy atom. The Hall–Kier alpha value is -0.690. The number of esters is 1. The van der Waals surface area contributed by atoms with Gasteiger partial charge in [0.25, 0.3) is 0 Å². The molecule has 0 spiro atoms. The first-order valence-electron chi connectivity index (χ1n) is 19.4. The van der Waals surface area contributed by atoms with Crippen molar-refractivity contribution in [2.75, 3.05) is 46.2 Å². The molecule has 262 valence electrons. The van der Waals surface area contributed by atoms with Gasteiger partial charge in [0.15, 0.2) is 0 Å². The summed E-state index contributed by atoms with van der Waals surface area (Å²) in [5.74, 6) is 0.873. The molecule has 1 N–H and O–H groups in total. The fraction of sp³-hybridized carbons (Fsp3) is 0.974. The minimum atomic E-state index is 0.0170. The molecule has 0 aromatic rings. The summed E-state index contributed by atoms with van der Waals surface area (Å²) in [7, 11) is 0. The second kappa shape index (κ2) is 32.3. The Kier molecular flexibility index (Phi) is 30.3. The third-order valence-electron chi connectivity index (χ3n) is 9.40. The summed E-state index contributed by atoms with van der Waals surface area (Å²) in [6.07, 6.45) is 31.5. The van der Waals surface area contributed by atoms with Gasteiger partial charge in [-0.05, 0) is 76.8 Å². The van der Waals surface area contributed by atoms with Gasteiger partial charge in [-0.1, -0.05) is 117 Å². The number of hydrogen-bond donors (Lipinski definition) is 1. The number of carbonyl (C=O) groups excluding carboxylic acids is 1. The first-order chi connectivity index (χ1) is 21.7. The van der Waals surface area contributed by atoms with E-state index in [9.17, 15) is 9.90 Å². The predicted molar refractivity (Wildman–Crippen MR) is 185 cm³/mol. The summed E-state index contributed by atoms with van der Waals surface area (Å²) in [4.78, 5) is 14.7. The largest absolute Gasteiger partial charge is 0.462 e. The van der Waals surface area contributed by atoms with Crippen LogP contribution in [0.4, 0.5) is 0 Å². The van der Waals surface area contributed by atoms with E-state index in [-0.39, 0.29) is 18.7 Å². The van der Waals surface area contributed by atoms with Crippen LogP contribution in [0.2, 0.25) is 0 Å². The maximum atomic E-state index is 12.3. The monoisotopic (exact) mass is 626 g/mol. The normalized spacial score (nSPS) is 17.0. The van der Waals surface area contributed by atoms with E-state index >= 15 is 0 Å². The van der Waals surface area contributed by atoms with E-state index in [1.165, 1.54) is 122 Å². The van der Waals surface area contributed by atoms with Crippen molar-refractivity contribution < 1.29 is 24.1 Å². The van der Waals surface area contributed by atoms with Crippen molar-refractivity contribution in [3.05, 3.63) is 0 Å². The van der Waals surface area contributed by atoms with E-state index < -0.39 is 0 Å². The number of aliphatic hydroxyl groups excluding tert-OH is 1. The molecule has 0 saturated heterocycles. The first kappa shape index (κ1) is 41.3. The molecule has 0 unspecified atom stereocenters. The Morgan fingerprint density at radius 1 is 0.614 bits per heavy atom. The van der Waals surface area contributed by atoms with Crippen LogP contribution in [0.15, 0.2) is 0 Å². The molecule has 0 aliphatic heterocycles. The maximum Gasteiger partial charge on any atom is 0.306 e. The average molecular weight is 626 g/mol. The van der Waals surface area contributed by atoms with Crippen LogP contribution in [-0.4, -0.2) is 68.3 Å². The van der Waals surface area contributed by atoms with Crippen molar-refractivity contribution in [1.29, 1.82) is 0 Å². The van der Waals surface area contributed by atoms with Crippen molar-refractivity contribution in [2.24, 2.45) is 5.92 Å². The topological polar surface area (TPSA) is 68.2 Å². The van der Waals surface area contributed by atoms with E-state index in [1.54, 1.807) is 0 Å². The second-order valence-corrected chi connectivity index (χ2v) is 13.5. The van der Waals surface area contributed by atoms with E-state index in [0.29, 0.717) is 13.2 Å². The Balaban J connectivity index is 1.86. The summed E-state index contributed by atoms with van der Waals surface area (Å²) in [5, 5.41) is 9.47. The number of aliphatic hydroxyl groups is 1. The molecular weight excluding hydrogens is 550 g/mol. The molecule has 0 aromatic heterocycles. The molecule has 0 heterocycles. The van der Waals surface area contributed by atoms with Gasteiger partial charge in [-0.15, -0.1) is 0 Å². The van der Waals surface area contributed by atoms with Crippen molar-refractivity contribution >= 4 is 5.97 Å². The Morgan fingerprint density at radius 3 is 1.66 bits per heavy atom. The SMILES string of the molecule is CCCCCCCCCOCOCCCCCCCCN(CCO)CCCCCCCC(=O)OC1CCC(CCCC)CC1. The van der Waals surface area contributed by atoms with Crippen LogP contribution in [0, 0.1) is 5.92 Å². The van der Waals surface area contributed by atoms with E-state index in [2.05, 4.69) is 18.7 Å². The summed E-state index contributed by atoms with van der Waals surface area (Å²) in [6.45, 7) is 9.80. The van der Waals surface area contributed by atoms with Crippen molar-refractivity contribution in [2.45, 2.75) is 187 Å². The summed E-state index contributed by atoms with van der Waals surface area (Å²) in [6, 6.07) is 0. The fourth-order valence-electron chi connectivity index (χ4n) is 6.47. The van der Waals surface area contributed by atoms with E-state index in [0.717, 1.165) is 77.3 Å². The molecule has 0 amide bonds. The standard InChI is InChI=1S/C38H75NO5/c1-3-5-7-8-10-16-21-33-42-35-43-34-22-17-11-9-14-19-29-39(31-32-40)30-20-15-12-13-18-24-38(41)44-37-27-25-36(26-28-37)23-6-4-2/h36-37,40H,3-35H2,1-2H3. The zero-order valence-electron chi connectivity index (χ0n) is 29.5. The molecule has 0 radical (unpaired) electrons. The molecule has 0 aromatic carbocycles. The van der Waals surface area contributed by atoms with Gasteiger partial charge in [0.05, 0.1) is 6.61 Å². The second-order valence-electron chi connectivity index (χ2n) is 13.5. The lowest BCUT2D eigenvalue weighted by Crippen LogP contribution is -2.29. The highest BCUT2D eigenvalue weighted by molar-refractivity contribution is 5.69. The molecule has 1 aliphatic rings. The van der Waals surface area contributed by atoms with Gasteiger partial charge in [0.1, 0.15) is 12.9 Å². The predicted octanol–water partition coefficient (Wildman–Crippen LogP) is 10.00.